The van der Waals surface area contributed by atoms with Crippen LogP contribution in [-0.2, 0) is 6.54 Å². The quantitative estimate of drug-likeness (QED) is 0.707. The molecule has 71 valence electrons. The van der Waals surface area contributed by atoms with Crippen molar-refractivity contribution in [2.45, 2.75) is 6.54 Å². The second kappa shape index (κ2) is 4.14. The Balaban J connectivity index is 2.18. The maximum absolute atomic E-state index is 8.89. The fourth-order valence-corrected chi connectivity index (χ4v) is 1.42. The first-order valence-electron chi connectivity index (χ1n) is 4.41. The van der Waals surface area contributed by atoms with E-state index in [-0.39, 0.29) is 5.69 Å². The van der Waals surface area contributed by atoms with E-state index in [4.69, 9.17) is 10.5 Å². The van der Waals surface area contributed by atoms with Crippen LogP contribution < -0.4 is 0 Å². The molecule has 0 aromatic carbocycles. The van der Waals surface area contributed by atoms with Crippen molar-refractivity contribution in [2.24, 2.45) is 0 Å². The zero-order valence-electron chi connectivity index (χ0n) is 7.88. The zero-order chi connectivity index (χ0) is 10.7. The minimum atomic E-state index is 0.184. The Bertz CT molecular complexity index is 426. The summed E-state index contributed by atoms with van der Waals surface area (Å²) < 4.78 is 1.67. The molecule has 1 aliphatic rings. The second-order valence-corrected chi connectivity index (χ2v) is 3.09. The molecule has 0 aliphatic heterocycles. The van der Waals surface area contributed by atoms with Crippen LogP contribution in [0.5, 0.6) is 0 Å². The number of nitriles is 2. The van der Waals surface area contributed by atoms with Crippen LogP contribution in [-0.4, -0.2) is 9.55 Å². The summed E-state index contributed by atoms with van der Waals surface area (Å²) in [6, 6.07) is 3.88. The van der Waals surface area contributed by atoms with E-state index in [0.29, 0.717) is 12.2 Å². The highest BCUT2D eigenvalue weighted by Crippen LogP contribution is 2.25. The maximum Gasteiger partial charge on any atom is 0.176 e. The van der Waals surface area contributed by atoms with Crippen LogP contribution in [0.4, 0.5) is 0 Å². The summed E-state index contributed by atoms with van der Waals surface area (Å²) in [7, 11) is 0. The van der Waals surface area contributed by atoms with Crippen molar-refractivity contribution in [3.63, 3.8) is 0 Å². The molecule has 0 unspecified atom stereocenters. The number of hydrogen-bond acceptors (Lipinski definition) is 3. The van der Waals surface area contributed by atoms with E-state index in [2.05, 4.69) is 4.98 Å². The number of hydrogen-bond donors (Lipinski definition) is 0. The molecule has 1 saturated carbocycles. The standard InChI is InChI=1S/C11H7N4/c12-5-10-11(6-13)15(8-14-10)7-9-3-1-2-4-9/h1-4,8H,7H2. The molecule has 4 nitrogen and oxygen atoms in total. The Morgan fingerprint density at radius 1 is 1.20 bits per heavy atom. The number of nitrogens with zero attached hydrogens (tertiary/aromatic N) is 4. The highest BCUT2D eigenvalue weighted by Gasteiger charge is 2.19. The van der Waals surface area contributed by atoms with Gasteiger partial charge in [-0.1, -0.05) is 0 Å². The third-order valence-electron chi connectivity index (χ3n) is 2.13. The molecule has 0 bridgehead atoms. The van der Waals surface area contributed by atoms with Gasteiger partial charge < -0.3 is 4.57 Å². The third-order valence-corrected chi connectivity index (χ3v) is 2.13. The van der Waals surface area contributed by atoms with Crippen molar-refractivity contribution in [1.29, 1.82) is 10.5 Å². The van der Waals surface area contributed by atoms with Crippen LogP contribution in [0, 0.1) is 54.3 Å². The van der Waals surface area contributed by atoms with Gasteiger partial charge in [0.1, 0.15) is 12.1 Å². The molecule has 1 aromatic heterocycles. The first kappa shape index (κ1) is 9.73. The van der Waals surface area contributed by atoms with Crippen molar-refractivity contribution < 1.29 is 0 Å². The fourth-order valence-electron chi connectivity index (χ4n) is 1.42. The van der Waals surface area contributed by atoms with Gasteiger partial charge in [-0.3, -0.25) is 0 Å². The van der Waals surface area contributed by atoms with Gasteiger partial charge in [0.15, 0.2) is 11.4 Å². The van der Waals surface area contributed by atoms with E-state index >= 15 is 0 Å². The van der Waals surface area contributed by atoms with Gasteiger partial charge in [-0.25, -0.2) is 4.98 Å². The molecule has 4 heteroatoms. The Morgan fingerprint density at radius 2 is 1.93 bits per heavy atom. The molecular formula is C11H7N4. The van der Waals surface area contributed by atoms with Crippen molar-refractivity contribution in [2.75, 3.05) is 0 Å². The monoisotopic (exact) mass is 195 g/mol. The first-order chi connectivity index (χ1) is 7.35. The lowest BCUT2D eigenvalue weighted by molar-refractivity contribution is 0.733. The van der Waals surface area contributed by atoms with Crippen LogP contribution in [0.1, 0.15) is 11.4 Å². The maximum atomic E-state index is 8.89. The van der Waals surface area contributed by atoms with E-state index < -0.39 is 0 Å². The predicted octanol–water partition coefficient (Wildman–Crippen LogP) is 1.03. The van der Waals surface area contributed by atoms with E-state index in [1.165, 1.54) is 6.33 Å². The van der Waals surface area contributed by atoms with Gasteiger partial charge in [-0.15, -0.1) is 0 Å². The Kier molecular flexibility index (Phi) is 2.69. The molecule has 0 atom stereocenters. The Hall–Kier alpha value is -1.81. The van der Waals surface area contributed by atoms with Gasteiger partial charge in [-0.05, 0) is 25.7 Å². The fraction of sp³-hybridized carbons (Fsp3) is 0.0909. The van der Waals surface area contributed by atoms with Gasteiger partial charge in [0, 0.05) is 12.5 Å². The number of imidazole rings is 1. The number of aromatic nitrogens is 2. The van der Waals surface area contributed by atoms with Crippen LogP contribution in [0.15, 0.2) is 6.33 Å². The minimum absolute atomic E-state index is 0.184. The summed E-state index contributed by atoms with van der Waals surface area (Å²) in [5, 5.41) is 17.6. The molecule has 1 aliphatic carbocycles. The highest BCUT2D eigenvalue weighted by molar-refractivity contribution is 5.39. The van der Waals surface area contributed by atoms with Gasteiger partial charge in [0.2, 0.25) is 0 Å². The highest BCUT2D eigenvalue weighted by atomic mass is 15.1. The summed E-state index contributed by atoms with van der Waals surface area (Å²) in [5.74, 6) is 1.09. The van der Waals surface area contributed by atoms with Gasteiger partial charge in [0.05, 0.1) is 6.33 Å². The lowest BCUT2D eigenvalue weighted by Gasteiger charge is -2.08. The first-order valence-corrected chi connectivity index (χ1v) is 4.41. The lowest BCUT2D eigenvalue weighted by Crippen LogP contribution is -2.07. The normalized spacial score (nSPS) is 16.1. The molecule has 2 rings (SSSR count). The van der Waals surface area contributed by atoms with Crippen LogP contribution in [0.25, 0.3) is 0 Å². The van der Waals surface area contributed by atoms with Gasteiger partial charge in [-0.2, -0.15) is 10.5 Å². The zero-order valence-corrected chi connectivity index (χ0v) is 7.88. The average molecular weight is 195 g/mol. The molecule has 5 radical (unpaired) electrons. The Morgan fingerprint density at radius 3 is 2.53 bits per heavy atom. The SMILES string of the molecule is N#Cc1ncn(C[C]2[CH][CH][CH][CH]2)c1C#N. The van der Waals surface area contributed by atoms with Crippen molar-refractivity contribution in [3.8, 4) is 12.1 Å². The average Bonchev–Trinajstić information content (AvgIpc) is 2.87. The molecule has 0 spiro atoms. The summed E-state index contributed by atoms with van der Waals surface area (Å²) in [6.45, 7) is 0.574. The molecular weight excluding hydrogens is 188 g/mol. The topological polar surface area (TPSA) is 65.4 Å². The second-order valence-electron chi connectivity index (χ2n) is 3.09. The molecule has 0 amide bonds. The molecule has 1 aromatic rings. The smallest absolute Gasteiger partial charge is 0.176 e. The number of rotatable bonds is 2. The summed E-state index contributed by atoms with van der Waals surface area (Å²) in [4.78, 5) is 3.87. The lowest BCUT2D eigenvalue weighted by atomic mass is 10.1. The molecule has 0 saturated heterocycles. The summed E-state index contributed by atoms with van der Waals surface area (Å²) in [5.41, 5.74) is 0.503. The van der Waals surface area contributed by atoms with E-state index in [1.807, 2.05) is 37.8 Å². The summed E-state index contributed by atoms with van der Waals surface area (Å²) in [6.07, 6.45) is 9.32. The van der Waals surface area contributed by atoms with Gasteiger partial charge in [0.25, 0.3) is 0 Å². The minimum Gasteiger partial charge on any atom is -0.321 e. The van der Waals surface area contributed by atoms with Crippen molar-refractivity contribution in [3.05, 3.63) is 49.3 Å². The predicted molar refractivity (Wildman–Crippen MR) is 52.1 cm³/mol. The molecule has 1 heterocycles. The van der Waals surface area contributed by atoms with E-state index in [0.717, 1.165) is 5.92 Å². The van der Waals surface area contributed by atoms with Crippen LogP contribution in [0.2, 0.25) is 0 Å². The Labute approximate surface area is 88.8 Å². The van der Waals surface area contributed by atoms with E-state index in [9.17, 15) is 0 Å². The largest absolute Gasteiger partial charge is 0.321 e. The molecule has 15 heavy (non-hydrogen) atoms. The van der Waals surface area contributed by atoms with Crippen molar-refractivity contribution in [1.82, 2.24) is 9.55 Å². The summed E-state index contributed by atoms with van der Waals surface area (Å²) >= 11 is 0. The van der Waals surface area contributed by atoms with Crippen LogP contribution in [0.3, 0.4) is 0 Å². The third kappa shape index (κ3) is 1.85. The van der Waals surface area contributed by atoms with Crippen LogP contribution >= 0.6 is 0 Å². The van der Waals surface area contributed by atoms with Gasteiger partial charge >= 0.3 is 0 Å². The molecule has 0 N–H and O–H groups in total. The van der Waals surface area contributed by atoms with Crippen molar-refractivity contribution >= 4 is 0 Å². The van der Waals surface area contributed by atoms with E-state index in [1.54, 1.807) is 4.57 Å². The molecule has 1 fully saturated rings.